The van der Waals surface area contributed by atoms with Crippen LogP contribution in [0.5, 0.6) is 0 Å². The predicted octanol–water partition coefficient (Wildman–Crippen LogP) is 4.16. The van der Waals surface area contributed by atoms with Gasteiger partial charge in [-0.2, -0.15) is 9.78 Å². The molecule has 184 valence electrons. The Kier molecular flexibility index (Phi) is 6.54. The molecule has 4 heterocycles. The van der Waals surface area contributed by atoms with Crippen molar-refractivity contribution in [3.8, 4) is 5.82 Å². The number of piperidine rings is 1. The van der Waals surface area contributed by atoms with Crippen molar-refractivity contribution in [2.75, 3.05) is 13.1 Å². The van der Waals surface area contributed by atoms with Crippen molar-refractivity contribution in [1.29, 1.82) is 0 Å². The topological polar surface area (TPSA) is 93.0 Å². The molecule has 5 rings (SSSR count). The number of carbonyl (C=O) groups excluding carboxylic acids is 2. The number of hydrogen-bond acceptors (Lipinski definition) is 5. The summed E-state index contributed by atoms with van der Waals surface area (Å²) in [7, 11) is 0. The van der Waals surface area contributed by atoms with Gasteiger partial charge in [0.15, 0.2) is 11.5 Å². The van der Waals surface area contributed by atoms with Crippen molar-refractivity contribution < 1.29 is 9.59 Å². The number of fused-ring (bicyclic) bond motifs is 1. The number of nitrogens with zero attached hydrogens (tertiary/aromatic N) is 5. The van der Waals surface area contributed by atoms with Crippen LogP contribution in [-0.2, 0) is 4.79 Å². The third-order valence-corrected chi connectivity index (χ3v) is 7.42. The van der Waals surface area contributed by atoms with Gasteiger partial charge >= 0.3 is 0 Å². The number of aromatic nitrogens is 4. The summed E-state index contributed by atoms with van der Waals surface area (Å²) < 4.78 is 1.75. The van der Waals surface area contributed by atoms with Gasteiger partial charge in [-0.05, 0) is 63.6 Å². The zero-order chi connectivity index (χ0) is 24.5. The van der Waals surface area contributed by atoms with Gasteiger partial charge in [0.2, 0.25) is 5.91 Å². The molecule has 35 heavy (non-hydrogen) atoms. The molecule has 2 amide bonds. The fraction of sp³-hybridized carbons (Fsp3) is 0.519. The second-order valence-electron chi connectivity index (χ2n) is 9.84. The van der Waals surface area contributed by atoms with Crippen LogP contribution in [0.1, 0.15) is 80.0 Å². The minimum Gasteiger partial charge on any atom is -0.349 e. The van der Waals surface area contributed by atoms with E-state index in [9.17, 15) is 9.59 Å². The van der Waals surface area contributed by atoms with Crippen LogP contribution in [0.15, 0.2) is 30.5 Å². The molecule has 1 saturated carbocycles. The van der Waals surface area contributed by atoms with Gasteiger partial charge < -0.3 is 10.2 Å². The third-order valence-electron chi connectivity index (χ3n) is 7.42. The van der Waals surface area contributed by atoms with E-state index in [-0.39, 0.29) is 23.8 Å². The summed E-state index contributed by atoms with van der Waals surface area (Å²) in [5.74, 6) is 1.35. The zero-order valence-corrected chi connectivity index (χ0v) is 20.8. The van der Waals surface area contributed by atoms with Gasteiger partial charge in [0.1, 0.15) is 0 Å². The van der Waals surface area contributed by atoms with Crippen molar-refractivity contribution in [1.82, 2.24) is 30.0 Å². The molecule has 3 aromatic rings. The molecule has 0 spiro atoms. The summed E-state index contributed by atoms with van der Waals surface area (Å²) in [6, 6.07) is 7.69. The van der Waals surface area contributed by atoms with Crippen LogP contribution in [0.25, 0.3) is 16.9 Å². The van der Waals surface area contributed by atoms with Gasteiger partial charge in [-0.15, -0.1) is 0 Å². The maximum Gasteiger partial charge on any atom is 0.252 e. The number of aryl methyl sites for hydroxylation is 1. The maximum absolute atomic E-state index is 13.6. The molecule has 1 aliphatic carbocycles. The van der Waals surface area contributed by atoms with Gasteiger partial charge in [-0.25, -0.2) is 9.97 Å². The Morgan fingerprint density at radius 2 is 1.86 bits per heavy atom. The highest BCUT2D eigenvalue weighted by Gasteiger charge is 2.31. The smallest absolute Gasteiger partial charge is 0.252 e. The van der Waals surface area contributed by atoms with Gasteiger partial charge in [-0.1, -0.05) is 19.9 Å². The van der Waals surface area contributed by atoms with Crippen molar-refractivity contribution in [3.63, 3.8) is 0 Å². The van der Waals surface area contributed by atoms with Crippen LogP contribution in [-0.4, -0.2) is 55.6 Å². The molecular formula is C27H34N6O2. The minimum absolute atomic E-state index is 0.0481. The number of hydrogen-bond donors (Lipinski definition) is 1. The van der Waals surface area contributed by atoms with E-state index in [1.165, 1.54) is 0 Å². The number of carbonyl (C=O) groups is 2. The van der Waals surface area contributed by atoms with Gasteiger partial charge in [-0.3, -0.25) is 9.59 Å². The fourth-order valence-electron chi connectivity index (χ4n) is 5.12. The zero-order valence-electron chi connectivity index (χ0n) is 20.8. The predicted molar refractivity (Wildman–Crippen MR) is 135 cm³/mol. The number of pyridine rings is 2. The Morgan fingerprint density at radius 3 is 2.49 bits per heavy atom. The molecule has 8 heteroatoms. The Hall–Kier alpha value is -3.29. The first-order valence-corrected chi connectivity index (χ1v) is 12.9. The van der Waals surface area contributed by atoms with Crippen LogP contribution in [0.2, 0.25) is 0 Å². The van der Waals surface area contributed by atoms with E-state index in [1.807, 2.05) is 36.1 Å². The Morgan fingerprint density at radius 1 is 1.11 bits per heavy atom. The second-order valence-corrected chi connectivity index (χ2v) is 9.84. The van der Waals surface area contributed by atoms with Gasteiger partial charge in [0, 0.05) is 42.9 Å². The summed E-state index contributed by atoms with van der Waals surface area (Å²) in [5.41, 5.74) is 3.02. The number of amides is 2. The monoisotopic (exact) mass is 474 g/mol. The first-order valence-electron chi connectivity index (χ1n) is 12.9. The molecule has 8 nitrogen and oxygen atoms in total. The van der Waals surface area contributed by atoms with E-state index in [2.05, 4.69) is 24.1 Å². The molecule has 0 radical (unpaired) electrons. The van der Waals surface area contributed by atoms with Crippen molar-refractivity contribution in [2.24, 2.45) is 5.92 Å². The molecule has 2 aliphatic rings. The molecule has 0 atom stereocenters. The van der Waals surface area contributed by atoms with Crippen LogP contribution < -0.4 is 5.32 Å². The van der Waals surface area contributed by atoms with E-state index in [0.717, 1.165) is 55.3 Å². The molecule has 0 aromatic carbocycles. The van der Waals surface area contributed by atoms with E-state index in [4.69, 9.17) is 10.1 Å². The molecule has 1 N–H and O–H groups in total. The lowest BCUT2D eigenvalue weighted by Gasteiger charge is -2.34. The van der Waals surface area contributed by atoms with Crippen molar-refractivity contribution in [2.45, 2.75) is 71.3 Å². The molecule has 2 fully saturated rings. The van der Waals surface area contributed by atoms with Gasteiger partial charge in [0.25, 0.3) is 5.91 Å². The van der Waals surface area contributed by atoms with Crippen molar-refractivity contribution in [3.05, 3.63) is 47.4 Å². The maximum atomic E-state index is 13.6. The largest absolute Gasteiger partial charge is 0.349 e. The van der Waals surface area contributed by atoms with Crippen LogP contribution in [0.3, 0.4) is 0 Å². The Bertz CT molecular complexity index is 1220. The summed E-state index contributed by atoms with van der Waals surface area (Å²) in [5, 5.41) is 8.73. The second kappa shape index (κ2) is 9.76. The Labute approximate surface area is 206 Å². The first kappa shape index (κ1) is 23.5. The average molecular weight is 475 g/mol. The summed E-state index contributed by atoms with van der Waals surface area (Å²) in [4.78, 5) is 37.6. The number of nitrogens with one attached hydrogen (secondary N) is 1. The van der Waals surface area contributed by atoms with Crippen LogP contribution in [0.4, 0.5) is 0 Å². The molecule has 1 aliphatic heterocycles. The highest BCUT2D eigenvalue weighted by atomic mass is 16.2. The Balaban J connectivity index is 1.38. The van der Waals surface area contributed by atoms with Crippen molar-refractivity contribution >= 4 is 22.8 Å². The molecule has 0 unspecified atom stereocenters. The van der Waals surface area contributed by atoms with E-state index >= 15 is 0 Å². The highest BCUT2D eigenvalue weighted by Crippen LogP contribution is 2.40. The third kappa shape index (κ3) is 4.66. The lowest BCUT2D eigenvalue weighted by Crippen LogP contribution is -2.48. The van der Waals surface area contributed by atoms with Crippen LogP contribution >= 0.6 is 0 Å². The average Bonchev–Trinajstić information content (AvgIpc) is 3.68. The van der Waals surface area contributed by atoms with E-state index in [1.54, 1.807) is 10.9 Å². The molecular weight excluding hydrogens is 440 g/mol. The normalized spacial score (nSPS) is 16.7. The van der Waals surface area contributed by atoms with E-state index in [0.29, 0.717) is 36.0 Å². The van der Waals surface area contributed by atoms with Gasteiger partial charge in [0.05, 0.1) is 16.6 Å². The van der Waals surface area contributed by atoms with Crippen LogP contribution in [0, 0.1) is 12.8 Å². The van der Waals surface area contributed by atoms with E-state index < -0.39 is 0 Å². The quantitative estimate of drug-likeness (QED) is 0.555. The lowest BCUT2D eigenvalue weighted by atomic mass is 9.98. The fourth-order valence-corrected chi connectivity index (χ4v) is 5.12. The standard InChI is InChI=1S/C27H34N6O2/c1-4-18(5-2)27(35)32-14-11-20(12-15-32)29-26(34)21-16-22(19-9-10-19)30-25-24(21)17(3)31-33(25)23-8-6-7-13-28-23/h6-8,13,16,18-20H,4-5,9-12,14-15H2,1-3H3,(H,29,34). The number of likely N-dealkylation sites (tertiary alicyclic amines) is 1. The molecule has 3 aromatic heterocycles. The lowest BCUT2D eigenvalue weighted by molar-refractivity contribution is -0.136. The minimum atomic E-state index is -0.0901. The SMILES string of the molecule is CCC(CC)C(=O)N1CCC(NC(=O)c2cc(C3CC3)nc3c2c(C)nn3-c2ccccn2)CC1. The summed E-state index contributed by atoms with van der Waals surface area (Å²) >= 11 is 0. The number of rotatable bonds is 7. The summed E-state index contributed by atoms with van der Waals surface area (Å²) in [6.45, 7) is 7.44. The molecule has 0 bridgehead atoms. The summed E-state index contributed by atoms with van der Waals surface area (Å²) in [6.07, 6.45) is 7.22. The highest BCUT2D eigenvalue weighted by molar-refractivity contribution is 6.07. The molecule has 1 saturated heterocycles. The first-order chi connectivity index (χ1) is 17.0.